The molecule has 2 N–H and O–H groups in total. The number of halogens is 1. The van der Waals surface area contributed by atoms with E-state index in [0.717, 1.165) is 11.1 Å². The molecule has 0 unspecified atom stereocenters. The normalized spacial score (nSPS) is 10.6. The molecule has 3 aromatic rings. The third kappa shape index (κ3) is 5.11. The van der Waals surface area contributed by atoms with Crippen LogP contribution >= 0.6 is 15.9 Å². The van der Waals surface area contributed by atoms with Gasteiger partial charge in [0, 0.05) is 10.7 Å². The zero-order valence-electron chi connectivity index (χ0n) is 15.0. The van der Waals surface area contributed by atoms with Gasteiger partial charge in [-0.3, -0.25) is 14.6 Å². The van der Waals surface area contributed by atoms with Crippen LogP contribution in [0.2, 0.25) is 0 Å². The van der Waals surface area contributed by atoms with Crippen LogP contribution in [0.3, 0.4) is 0 Å². The number of rotatable bonds is 5. The van der Waals surface area contributed by atoms with Crippen molar-refractivity contribution in [3.63, 3.8) is 0 Å². The van der Waals surface area contributed by atoms with Gasteiger partial charge in [0.25, 0.3) is 11.8 Å². The number of hydrogen-bond donors (Lipinski definition) is 2. The van der Waals surface area contributed by atoms with Crippen molar-refractivity contribution in [3.8, 4) is 0 Å². The third-order valence-electron chi connectivity index (χ3n) is 3.83. The Kier molecular flexibility index (Phi) is 6.29. The van der Waals surface area contributed by atoms with Crippen molar-refractivity contribution in [2.24, 2.45) is 5.10 Å². The summed E-state index contributed by atoms with van der Waals surface area (Å²) in [5, 5.41) is 6.71. The molecule has 7 heteroatoms. The van der Waals surface area contributed by atoms with Gasteiger partial charge in [-0.1, -0.05) is 51.8 Å². The van der Waals surface area contributed by atoms with E-state index in [9.17, 15) is 9.59 Å². The molecule has 2 aromatic carbocycles. The highest BCUT2D eigenvalue weighted by Gasteiger charge is 2.15. The summed E-state index contributed by atoms with van der Waals surface area (Å²) in [6, 6.07) is 17.8. The number of anilines is 1. The van der Waals surface area contributed by atoms with Crippen LogP contribution in [0.5, 0.6) is 0 Å². The lowest BCUT2D eigenvalue weighted by Crippen LogP contribution is -2.21. The number of benzene rings is 2. The molecule has 1 aromatic heterocycles. The minimum Gasteiger partial charge on any atom is -0.320 e. The maximum atomic E-state index is 12.6. The first-order chi connectivity index (χ1) is 13.5. The first kappa shape index (κ1) is 19.4. The molecule has 28 heavy (non-hydrogen) atoms. The summed E-state index contributed by atoms with van der Waals surface area (Å²) in [6.45, 7) is 2.00. The van der Waals surface area contributed by atoms with E-state index < -0.39 is 11.8 Å². The Hall–Kier alpha value is -3.32. The summed E-state index contributed by atoms with van der Waals surface area (Å²) in [4.78, 5) is 28.9. The average Bonchev–Trinajstić information content (AvgIpc) is 2.71. The minimum absolute atomic E-state index is 0.258. The number of amides is 2. The van der Waals surface area contributed by atoms with Gasteiger partial charge in [-0.2, -0.15) is 5.10 Å². The SMILES string of the molecule is Cc1ccc(/C=N/NC(=O)c2cc(Br)ccc2NC(=O)c2ccccn2)cc1. The summed E-state index contributed by atoms with van der Waals surface area (Å²) >= 11 is 3.34. The average molecular weight is 437 g/mol. The van der Waals surface area contributed by atoms with Crippen LogP contribution in [0, 0.1) is 6.92 Å². The molecule has 0 fully saturated rings. The largest absolute Gasteiger partial charge is 0.320 e. The molecule has 0 aliphatic rings. The van der Waals surface area contributed by atoms with Crippen LogP contribution in [0.1, 0.15) is 32.0 Å². The van der Waals surface area contributed by atoms with Crippen molar-refractivity contribution in [3.05, 3.63) is 93.7 Å². The molecule has 140 valence electrons. The zero-order chi connectivity index (χ0) is 19.9. The fourth-order valence-corrected chi connectivity index (χ4v) is 2.74. The number of hydrogen-bond acceptors (Lipinski definition) is 4. The lowest BCUT2D eigenvalue weighted by atomic mass is 10.1. The van der Waals surface area contributed by atoms with Gasteiger partial charge >= 0.3 is 0 Å². The number of carbonyl (C=O) groups is 2. The Morgan fingerprint density at radius 1 is 1.04 bits per heavy atom. The van der Waals surface area contributed by atoms with Gasteiger partial charge < -0.3 is 5.32 Å². The number of aromatic nitrogens is 1. The van der Waals surface area contributed by atoms with Crippen LogP contribution in [-0.2, 0) is 0 Å². The van der Waals surface area contributed by atoms with E-state index in [1.54, 1.807) is 42.6 Å². The Balaban J connectivity index is 1.75. The summed E-state index contributed by atoms with van der Waals surface area (Å²) in [5.41, 5.74) is 5.39. The molecule has 0 aliphatic heterocycles. The van der Waals surface area contributed by atoms with Crippen LogP contribution in [0.15, 0.2) is 76.4 Å². The van der Waals surface area contributed by atoms with Crippen LogP contribution in [0.25, 0.3) is 0 Å². The Bertz CT molecular complexity index is 1020. The van der Waals surface area contributed by atoms with E-state index in [1.165, 1.54) is 6.20 Å². The number of nitrogens with zero attached hydrogens (tertiary/aromatic N) is 2. The molecule has 0 bridgehead atoms. The molecule has 3 rings (SSSR count). The maximum absolute atomic E-state index is 12.6. The Morgan fingerprint density at radius 3 is 2.54 bits per heavy atom. The number of hydrazone groups is 1. The Morgan fingerprint density at radius 2 is 1.82 bits per heavy atom. The van der Waals surface area contributed by atoms with Gasteiger partial charge in [-0.25, -0.2) is 5.43 Å². The molecule has 0 spiro atoms. The number of aryl methyl sites for hydroxylation is 1. The number of pyridine rings is 1. The molecule has 2 amide bonds. The second-order valence-electron chi connectivity index (χ2n) is 5.97. The molecule has 6 nitrogen and oxygen atoms in total. The highest BCUT2D eigenvalue weighted by molar-refractivity contribution is 9.10. The van der Waals surface area contributed by atoms with Crippen LogP contribution in [-0.4, -0.2) is 23.0 Å². The monoisotopic (exact) mass is 436 g/mol. The summed E-state index contributed by atoms with van der Waals surface area (Å²) in [6.07, 6.45) is 3.09. The lowest BCUT2D eigenvalue weighted by Gasteiger charge is -2.10. The van der Waals surface area contributed by atoms with E-state index in [-0.39, 0.29) is 11.3 Å². The topological polar surface area (TPSA) is 83.5 Å². The molecular weight excluding hydrogens is 420 g/mol. The number of nitrogens with one attached hydrogen (secondary N) is 2. The Labute approximate surface area is 170 Å². The fourth-order valence-electron chi connectivity index (χ4n) is 2.37. The highest BCUT2D eigenvalue weighted by Crippen LogP contribution is 2.21. The highest BCUT2D eigenvalue weighted by atomic mass is 79.9. The quantitative estimate of drug-likeness (QED) is 0.464. The van der Waals surface area contributed by atoms with Gasteiger partial charge in [0.2, 0.25) is 0 Å². The summed E-state index contributed by atoms with van der Waals surface area (Å²) in [7, 11) is 0. The van der Waals surface area contributed by atoms with Crippen molar-refractivity contribution in [1.29, 1.82) is 0 Å². The predicted octanol–water partition coefficient (Wildman–Crippen LogP) is 4.17. The first-order valence-electron chi connectivity index (χ1n) is 8.45. The van der Waals surface area contributed by atoms with Crippen molar-refractivity contribution in [2.45, 2.75) is 6.92 Å². The van der Waals surface area contributed by atoms with Crippen molar-refractivity contribution >= 4 is 39.6 Å². The maximum Gasteiger partial charge on any atom is 0.274 e. The van der Waals surface area contributed by atoms with Gasteiger partial charge in [-0.05, 0) is 42.8 Å². The van der Waals surface area contributed by atoms with E-state index >= 15 is 0 Å². The molecule has 1 heterocycles. The van der Waals surface area contributed by atoms with E-state index in [2.05, 4.69) is 36.8 Å². The minimum atomic E-state index is -0.444. The molecule has 0 saturated heterocycles. The van der Waals surface area contributed by atoms with E-state index in [1.807, 2.05) is 31.2 Å². The van der Waals surface area contributed by atoms with Gasteiger partial charge in [0.1, 0.15) is 5.69 Å². The van der Waals surface area contributed by atoms with Gasteiger partial charge in [-0.15, -0.1) is 0 Å². The fraction of sp³-hybridized carbons (Fsp3) is 0.0476. The second-order valence-corrected chi connectivity index (χ2v) is 6.88. The number of carbonyl (C=O) groups excluding carboxylic acids is 2. The third-order valence-corrected chi connectivity index (χ3v) is 4.32. The molecular formula is C21H17BrN4O2. The van der Waals surface area contributed by atoms with Crippen molar-refractivity contribution in [1.82, 2.24) is 10.4 Å². The molecule has 0 radical (unpaired) electrons. The van der Waals surface area contributed by atoms with Gasteiger partial charge in [0.15, 0.2) is 0 Å². The van der Waals surface area contributed by atoms with Crippen LogP contribution < -0.4 is 10.7 Å². The summed E-state index contributed by atoms with van der Waals surface area (Å²) in [5.74, 6) is -0.846. The smallest absolute Gasteiger partial charge is 0.274 e. The van der Waals surface area contributed by atoms with E-state index in [4.69, 9.17) is 0 Å². The van der Waals surface area contributed by atoms with Crippen molar-refractivity contribution < 1.29 is 9.59 Å². The van der Waals surface area contributed by atoms with Gasteiger partial charge in [0.05, 0.1) is 17.5 Å². The van der Waals surface area contributed by atoms with E-state index in [0.29, 0.717) is 10.2 Å². The predicted molar refractivity (Wildman–Crippen MR) is 113 cm³/mol. The van der Waals surface area contributed by atoms with Crippen LogP contribution in [0.4, 0.5) is 5.69 Å². The summed E-state index contributed by atoms with van der Waals surface area (Å²) < 4.78 is 0.705. The standard InChI is InChI=1S/C21H17BrN4O2/c1-14-5-7-15(8-6-14)13-24-26-20(27)17-12-16(22)9-10-18(17)25-21(28)19-4-2-3-11-23-19/h2-13H,1H3,(H,25,28)(H,26,27)/b24-13+. The molecule has 0 aliphatic carbocycles. The lowest BCUT2D eigenvalue weighted by molar-refractivity contribution is 0.0956. The molecule has 0 atom stereocenters. The molecule has 0 saturated carbocycles. The first-order valence-corrected chi connectivity index (χ1v) is 9.24. The second kappa shape index (κ2) is 9.05. The zero-order valence-corrected chi connectivity index (χ0v) is 16.6. The van der Waals surface area contributed by atoms with Crippen molar-refractivity contribution in [2.75, 3.05) is 5.32 Å².